The maximum absolute atomic E-state index is 9.91. The first-order valence-electron chi connectivity index (χ1n) is 5.93. The average Bonchev–Trinajstić information content (AvgIpc) is 2.25. The van der Waals surface area contributed by atoms with Crippen molar-refractivity contribution in [2.24, 2.45) is 0 Å². The number of hydrogen-bond donors (Lipinski definition) is 1. The van der Waals surface area contributed by atoms with Gasteiger partial charge in [-0.05, 0) is 26.3 Å². The monoisotopic (exact) mass is 223 g/mol. The van der Waals surface area contributed by atoms with Gasteiger partial charge >= 0.3 is 0 Å². The summed E-state index contributed by atoms with van der Waals surface area (Å²) in [6, 6.07) is 1.87. The highest BCUT2D eigenvalue weighted by Gasteiger charge is 2.08. The Morgan fingerprint density at radius 2 is 2.12 bits per heavy atom. The van der Waals surface area contributed by atoms with E-state index in [1.165, 1.54) is 0 Å². The summed E-state index contributed by atoms with van der Waals surface area (Å²) in [5, 5.41) is 9.91. The van der Waals surface area contributed by atoms with Crippen molar-refractivity contribution in [3.8, 4) is 5.75 Å². The Morgan fingerprint density at radius 1 is 1.38 bits per heavy atom. The molecule has 1 aromatic rings. The smallest absolute Gasteiger partial charge is 0.138 e. The Labute approximate surface area is 97.5 Å². The number of pyridine rings is 1. The van der Waals surface area contributed by atoms with Crippen LogP contribution in [0.3, 0.4) is 0 Å². The second-order valence-corrected chi connectivity index (χ2v) is 4.28. The van der Waals surface area contributed by atoms with Gasteiger partial charge in [0.2, 0.25) is 0 Å². The fourth-order valence-electron chi connectivity index (χ4n) is 1.52. The van der Waals surface area contributed by atoms with Gasteiger partial charge in [0.25, 0.3) is 0 Å². The van der Waals surface area contributed by atoms with E-state index < -0.39 is 6.10 Å². The van der Waals surface area contributed by atoms with Crippen LogP contribution < -0.4 is 4.74 Å². The Morgan fingerprint density at radius 3 is 2.75 bits per heavy atom. The molecule has 1 rings (SSSR count). The molecule has 3 nitrogen and oxygen atoms in total. The van der Waals surface area contributed by atoms with Gasteiger partial charge in [-0.25, -0.2) is 0 Å². The van der Waals surface area contributed by atoms with Gasteiger partial charge in [-0.2, -0.15) is 0 Å². The Hall–Kier alpha value is -1.09. The van der Waals surface area contributed by atoms with Gasteiger partial charge in [0.05, 0.1) is 18.4 Å². The number of ether oxygens (including phenoxy) is 1. The van der Waals surface area contributed by atoms with Crippen LogP contribution in [0.5, 0.6) is 5.75 Å². The number of hydrogen-bond acceptors (Lipinski definition) is 3. The van der Waals surface area contributed by atoms with Crippen molar-refractivity contribution in [1.29, 1.82) is 0 Å². The van der Waals surface area contributed by atoms with Crippen LogP contribution in [0, 0.1) is 0 Å². The molecule has 0 saturated carbocycles. The summed E-state index contributed by atoms with van der Waals surface area (Å²) in [4.78, 5) is 4.08. The van der Waals surface area contributed by atoms with Gasteiger partial charge in [0, 0.05) is 11.8 Å². The van der Waals surface area contributed by atoms with Gasteiger partial charge in [-0.1, -0.05) is 19.8 Å². The number of nitrogens with zero attached hydrogens (tertiary/aromatic N) is 1. The van der Waals surface area contributed by atoms with Crippen LogP contribution in [0.4, 0.5) is 0 Å². The summed E-state index contributed by atoms with van der Waals surface area (Å²) in [6.45, 7) is 6.06. The fraction of sp³-hybridized carbons (Fsp3) is 0.615. The fourth-order valence-corrected chi connectivity index (χ4v) is 1.52. The summed E-state index contributed by atoms with van der Waals surface area (Å²) in [5.74, 6) is 0.725. The predicted octanol–water partition coefficient (Wildman–Crippen LogP) is 3.09. The molecule has 3 heteroatoms. The quantitative estimate of drug-likeness (QED) is 0.805. The highest BCUT2D eigenvalue weighted by molar-refractivity contribution is 5.25. The summed E-state index contributed by atoms with van der Waals surface area (Å²) in [5.41, 5.74) is 0.839. The first-order valence-corrected chi connectivity index (χ1v) is 5.93. The summed E-state index contributed by atoms with van der Waals surface area (Å²) >= 11 is 0. The van der Waals surface area contributed by atoms with E-state index in [-0.39, 0.29) is 6.10 Å². The van der Waals surface area contributed by atoms with E-state index in [0.29, 0.717) is 0 Å². The second kappa shape index (κ2) is 6.48. The van der Waals surface area contributed by atoms with Crippen LogP contribution in [0.1, 0.15) is 51.7 Å². The van der Waals surface area contributed by atoms with Crippen molar-refractivity contribution in [2.75, 3.05) is 0 Å². The molecule has 1 aromatic heterocycles. The van der Waals surface area contributed by atoms with Crippen LogP contribution >= 0.6 is 0 Å². The van der Waals surface area contributed by atoms with E-state index in [9.17, 15) is 5.11 Å². The maximum atomic E-state index is 9.91. The predicted molar refractivity (Wildman–Crippen MR) is 64.5 cm³/mol. The van der Waals surface area contributed by atoms with Crippen LogP contribution in [-0.2, 0) is 0 Å². The van der Waals surface area contributed by atoms with Crippen LogP contribution in [0.2, 0.25) is 0 Å². The molecule has 1 heterocycles. The molecule has 0 aliphatic heterocycles. The van der Waals surface area contributed by atoms with Crippen molar-refractivity contribution in [2.45, 2.75) is 52.2 Å². The lowest BCUT2D eigenvalue weighted by Crippen LogP contribution is -2.07. The molecule has 16 heavy (non-hydrogen) atoms. The topological polar surface area (TPSA) is 42.4 Å². The molecule has 0 aliphatic rings. The zero-order chi connectivity index (χ0) is 12.0. The highest BCUT2D eigenvalue weighted by atomic mass is 16.5. The summed E-state index contributed by atoms with van der Waals surface area (Å²) in [7, 11) is 0. The molecule has 0 fully saturated rings. The molecule has 1 atom stereocenters. The van der Waals surface area contributed by atoms with Crippen LogP contribution in [0.15, 0.2) is 18.5 Å². The summed E-state index contributed by atoms with van der Waals surface area (Å²) < 4.78 is 5.54. The van der Waals surface area contributed by atoms with Gasteiger partial charge in [0.1, 0.15) is 5.75 Å². The van der Waals surface area contributed by atoms with Crippen molar-refractivity contribution in [3.05, 3.63) is 24.0 Å². The number of unbranched alkanes of at least 4 members (excludes halogenated alkanes) is 1. The molecule has 0 aliphatic carbocycles. The van der Waals surface area contributed by atoms with Gasteiger partial charge in [-0.3, -0.25) is 4.98 Å². The molecule has 0 saturated heterocycles. The standard InChI is InChI=1S/C13H21NO2/c1-4-5-6-13(15)11-7-12(9-14-8-11)16-10(2)3/h7-10,13,15H,4-6H2,1-3H3. The third-order valence-electron chi connectivity index (χ3n) is 2.32. The van der Waals surface area contributed by atoms with E-state index in [2.05, 4.69) is 11.9 Å². The normalized spacial score (nSPS) is 12.8. The molecule has 0 bridgehead atoms. The van der Waals surface area contributed by atoms with Crippen molar-refractivity contribution in [1.82, 2.24) is 4.98 Å². The molecule has 1 unspecified atom stereocenters. The molecule has 0 radical (unpaired) electrons. The number of aliphatic hydroxyl groups excluding tert-OH is 1. The van der Waals surface area contributed by atoms with E-state index in [1.54, 1.807) is 12.4 Å². The Balaban J connectivity index is 2.65. The third-order valence-corrected chi connectivity index (χ3v) is 2.32. The Kier molecular flexibility index (Phi) is 5.26. The van der Waals surface area contributed by atoms with E-state index in [0.717, 1.165) is 30.6 Å². The Bertz CT molecular complexity index is 313. The lowest BCUT2D eigenvalue weighted by Gasteiger charge is -2.13. The van der Waals surface area contributed by atoms with Gasteiger partial charge < -0.3 is 9.84 Å². The third kappa shape index (κ3) is 4.19. The van der Waals surface area contributed by atoms with Crippen molar-refractivity contribution in [3.63, 3.8) is 0 Å². The van der Waals surface area contributed by atoms with Crippen LogP contribution in [-0.4, -0.2) is 16.2 Å². The minimum absolute atomic E-state index is 0.129. The summed E-state index contributed by atoms with van der Waals surface area (Å²) in [6.07, 6.45) is 5.98. The second-order valence-electron chi connectivity index (χ2n) is 4.28. The van der Waals surface area contributed by atoms with Crippen LogP contribution in [0.25, 0.3) is 0 Å². The molecule has 0 aromatic carbocycles. The first kappa shape index (κ1) is 13.0. The lowest BCUT2D eigenvalue weighted by molar-refractivity contribution is 0.162. The molecule has 1 N–H and O–H groups in total. The number of aliphatic hydroxyl groups is 1. The van der Waals surface area contributed by atoms with Crippen molar-refractivity contribution < 1.29 is 9.84 Å². The average molecular weight is 223 g/mol. The van der Waals surface area contributed by atoms with E-state index in [1.807, 2.05) is 19.9 Å². The van der Waals surface area contributed by atoms with Gasteiger partial charge in [-0.15, -0.1) is 0 Å². The zero-order valence-corrected chi connectivity index (χ0v) is 10.3. The maximum Gasteiger partial charge on any atom is 0.138 e. The minimum atomic E-state index is -0.428. The number of aromatic nitrogens is 1. The largest absolute Gasteiger partial charge is 0.489 e. The highest BCUT2D eigenvalue weighted by Crippen LogP contribution is 2.22. The van der Waals surface area contributed by atoms with E-state index in [4.69, 9.17) is 4.74 Å². The SMILES string of the molecule is CCCCC(O)c1cncc(OC(C)C)c1. The first-order chi connectivity index (χ1) is 7.63. The van der Waals surface area contributed by atoms with E-state index >= 15 is 0 Å². The number of rotatable bonds is 6. The molecule has 0 amide bonds. The molecular weight excluding hydrogens is 202 g/mol. The zero-order valence-electron chi connectivity index (χ0n) is 10.3. The van der Waals surface area contributed by atoms with Crippen molar-refractivity contribution >= 4 is 0 Å². The minimum Gasteiger partial charge on any atom is -0.489 e. The lowest BCUT2D eigenvalue weighted by atomic mass is 10.1. The molecule has 0 spiro atoms. The molecular formula is C13H21NO2. The van der Waals surface area contributed by atoms with Gasteiger partial charge in [0.15, 0.2) is 0 Å². The molecule has 90 valence electrons.